The third-order valence-corrected chi connectivity index (χ3v) is 3.22. The first-order valence-electron chi connectivity index (χ1n) is 7.13. The molecule has 6 N–H and O–H groups in total. The Balaban J connectivity index is 0.00000441. The number of carbonyl (C=O) groups excluding carboxylic acids is 2. The van der Waals surface area contributed by atoms with Crippen molar-refractivity contribution in [3.05, 3.63) is 35.4 Å². The van der Waals surface area contributed by atoms with Crippen LogP contribution in [0.3, 0.4) is 0 Å². The summed E-state index contributed by atoms with van der Waals surface area (Å²) in [6.07, 6.45) is 1.89. The van der Waals surface area contributed by atoms with Gasteiger partial charge in [-0.25, -0.2) is 4.79 Å². The van der Waals surface area contributed by atoms with E-state index in [0.717, 1.165) is 24.0 Å². The average molecular weight is 329 g/mol. The number of nitrogens with two attached hydrogens (primary N) is 2. The highest BCUT2D eigenvalue weighted by molar-refractivity contribution is 5.85. The van der Waals surface area contributed by atoms with Gasteiger partial charge in [-0.3, -0.25) is 4.79 Å². The summed E-state index contributed by atoms with van der Waals surface area (Å²) in [5.74, 6) is -0.117. The molecule has 6 nitrogen and oxygen atoms in total. The van der Waals surface area contributed by atoms with Gasteiger partial charge < -0.3 is 22.1 Å². The van der Waals surface area contributed by atoms with Crippen LogP contribution in [0, 0.1) is 6.92 Å². The molecule has 0 aliphatic heterocycles. The molecule has 0 spiro atoms. The summed E-state index contributed by atoms with van der Waals surface area (Å²) in [5.41, 5.74) is 12.5. The van der Waals surface area contributed by atoms with E-state index < -0.39 is 12.1 Å². The molecule has 22 heavy (non-hydrogen) atoms. The van der Waals surface area contributed by atoms with Gasteiger partial charge in [0.05, 0.1) is 12.5 Å². The van der Waals surface area contributed by atoms with Crippen LogP contribution >= 0.6 is 12.4 Å². The van der Waals surface area contributed by atoms with Crippen LogP contribution in [0.2, 0.25) is 0 Å². The molecule has 1 rings (SSSR count). The van der Waals surface area contributed by atoms with Crippen molar-refractivity contribution in [2.75, 3.05) is 13.1 Å². The van der Waals surface area contributed by atoms with Gasteiger partial charge in [0.1, 0.15) is 0 Å². The van der Waals surface area contributed by atoms with Crippen LogP contribution in [0.5, 0.6) is 0 Å². The zero-order chi connectivity index (χ0) is 15.7. The summed E-state index contributed by atoms with van der Waals surface area (Å²) in [7, 11) is 0. The van der Waals surface area contributed by atoms with E-state index in [0.29, 0.717) is 13.1 Å². The Morgan fingerprint density at radius 1 is 1.23 bits per heavy atom. The lowest BCUT2D eigenvalue weighted by atomic mass is 9.98. The van der Waals surface area contributed by atoms with E-state index in [9.17, 15) is 9.59 Å². The maximum atomic E-state index is 11.9. The minimum atomic E-state index is -0.640. The Morgan fingerprint density at radius 2 is 1.91 bits per heavy atom. The molecule has 0 saturated heterocycles. The smallest absolute Gasteiger partial charge is 0.312 e. The SMILES string of the molecule is Cc1ccccc1C(CC(=O)NCCCCN)NC(N)=O.Cl. The Morgan fingerprint density at radius 3 is 2.50 bits per heavy atom. The van der Waals surface area contributed by atoms with Crippen molar-refractivity contribution in [3.8, 4) is 0 Å². The van der Waals surface area contributed by atoms with E-state index in [4.69, 9.17) is 11.5 Å². The van der Waals surface area contributed by atoms with Gasteiger partial charge in [-0.2, -0.15) is 0 Å². The van der Waals surface area contributed by atoms with E-state index in [1.54, 1.807) is 0 Å². The zero-order valence-electron chi connectivity index (χ0n) is 12.8. The number of carbonyl (C=O) groups is 2. The van der Waals surface area contributed by atoms with Gasteiger partial charge in [0.2, 0.25) is 5.91 Å². The number of halogens is 1. The van der Waals surface area contributed by atoms with Crippen LogP contribution in [0.15, 0.2) is 24.3 Å². The molecule has 7 heteroatoms. The molecule has 0 radical (unpaired) electrons. The molecule has 0 bridgehead atoms. The highest BCUT2D eigenvalue weighted by Crippen LogP contribution is 2.20. The van der Waals surface area contributed by atoms with Gasteiger partial charge in [-0.05, 0) is 37.4 Å². The summed E-state index contributed by atoms with van der Waals surface area (Å²) in [5, 5.41) is 5.45. The van der Waals surface area contributed by atoms with E-state index in [1.807, 2.05) is 31.2 Å². The molecule has 1 unspecified atom stereocenters. The van der Waals surface area contributed by atoms with Crippen LogP contribution in [0.1, 0.15) is 36.4 Å². The maximum Gasteiger partial charge on any atom is 0.312 e. The topological polar surface area (TPSA) is 110 Å². The van der Waals surface area contributed by atoms with Crippen molar-refractivity contribution in [3.63, 3.8) is 0 Å². The van der Waals surface area contributed by atoms with E-state index >= 15 is 0 Å². The van der Waals surface area contributed by atoms with Crippen LogP contribution in [0.4, 0.5) is 4.79 Å². The molecular formula is C15H25ClN4O2. The Labute approximate surface area is 137 Å². The van der Waals surface area contributed by atoms with Gasteiger partial charge in [0.15, 0.2) is 0 Å². The summed E-state index contributed by atoms with van der Waals surface area (Å²) >= 11 is 0. The molecule has 1 atom stereocenters. The molecule has 0 aromatic heterocycles. The summed E-state index contributed by atoms with van der Waals surface area (Å²) < 4.78 is 0. The van der Waals surface area contributed by atoms with E-state index in [2.05, 4.69) is 10.6 Å². The minimum absolute atomic E-state index is 0. The number of hydrogen-bond acceptors (Lipinski definition) is 3. The van der Waals surface area contributed by atoms with Gasteiger partial charge in [0, 0.05) is 6.54 Å². The van der Waals surface area contributed by atoms with Crippen LogP contribution in [-0.2, 0) is 4.79 Å². The maximum absolute atomic E-state index is 11.9. The Bertz CT molecular complexity index is 482. The number of primary amides is 1. The Hall–Kier alpha value is -1.79. The van der Waals surface area contributed by atoms with Crippen LogP contribution < -0.4 is 22.1 Å². The largest absolute Gasteiger partial charge is 0.356 e. The summed E-state index contributed by atoms with van der Waals surface area (Å²) in [6.45, 7) is 3.14. The van der Waals surface area contributed by atoms with Crippen molar-refractivity contribution in [1.29, 1.82) is 0 Å². The van der Waals surface area contributed by atoms with Crippen molar-refractivity contribution in [1.82, 2.24) is 10.6 Å². The zero-order valence-corrected chi connectivity index (χ0v) is 13.6. The molecule has 0 fully saturated rings. The quantitative estimate of drug-likeness (QED) is 0.541. The lowest BCUT2D eigenvalue weighted by Crippen LogP contribution is -2.37. The second-order valence-electron chi connectivity index (χ2n) is 4.97. The number of hydrogen-bond donors (Lipinski definition) is 4. The number of nitrogens with one attached hydrogen (secondary N) is 2. The fourth-order valence-electron chi connectivity index (χ4n) is 2.14. The predicted molar refractivity (Wildman–Crippen MR) is 89.8 cm³/mol. The van der Waals surface area contributed by atoms with Gasteiger partial charge in [-0.1, -0.05) is 24.3 Å². The average Bonchev–Trinajstić information content (AvgIpc) is 2.43. The molecular weight excluding hydrogens is 304 g/mol. The number of amides is 3. The second kappa shape index (κ2) is 10.9. The normalized spacial score (nSPS) is 11.2. The third-order valence-electron chi connectivity index (χ3n) is 3.22. The van der Waals surface area contributed by atoms with E-state index in [-0.39, 0.29) is 24.7 Å². The standard InChI is InChI=1S/C15H24N4O2.ClH/c1-11-6-2-3-7-12(11)13(19-15(17)21)10-14(20)18-9-5-4-8-16;/h2-3,6-7,13H,4-5,8-10,16H2,1H3,(H,18,20)(H3,17,19,21);1H. The lowest BCUT2D eigenvalue weighted by molar-refractivity contribution is -0.121. The first kappa shape index (κ1) is 20.2. The third kappa shape index (κ3) is 7.28. The van der Waals surface area contributed by atoms with Crippen molar-refractivity contribution in [2.45, 2.75) is 32.2 Å². The Kier molecular flexibility index (Phi) is 9.98. The fourth-order valence-corrected chi connectivity index (χ4v) is 2.14. The fraction of sp³-hybridized carbons (Fsp3) is 0.467. The number of unbranched alkanes of at least 4 members (excludes halogenated alkanes) is 1. The summed E-state index contributed by atoms with van der Waals surface area (Å²) in [6, 6.07) is 6.55. The first-order chi connectivity index (χ1) is 10.0. The number of rotatable bonds is 8. The molecule has 0 saturated carbocycles. The molecule has 1 aromatic carbocycles. The highest BCUT2D eigenvalue weighted by Gasteiger charge is 2.18. The van der Waals surface area contributed by atoms with Crippen molar-refractivity contribution >= 4 is 24.3 Å². The van der Waals surface area contributed by atoms with Crippen molar-refractivity contribution < 1.29 is 9.59 Å². The number of benzene rings is 1. The molecule has 0 aliphatic carbocycles. The predicted octanol–water partition coefficient (Wildman–Crippen LogP) is 1.37. The van der Waals surface area contributed by atoms with Crippen LogP contribution in [0.25, 0.3) is 0 Å². The van der Waals surface area contributed by atoms with Gasteiger partial charge in [0.25, 0.3) is 0 Å². The second-order valence-corrected chi connectivity index (χ2v) is 4.97. The lowest BCUT2D eigenvalue weighted by Gasteiger charge is -2.19. The summed E-state index contributed by atoms with van der Waals surface area (Å²) in [4.78, 5) is 23.1. The molecule has 3 amide bonds. The first-order valence-corrected chi connectivity index (χ1v) is 7.13. The number of aryl methyl sites for hydroxylation is 1. The van der Waals surface area contributed by atoms with Crippen LogP contribution in [-0.4, -0.2) is 25.0 Å². The van der Waals surface area contributed by atoms with E-state index in [1.165, 1.54) is 0 Å². The highest BCUT2D eigenvalue weighted by atomic mass is 35.5. The number of urea groups is 1. The molecule has 0 heterocycles. The monoisotopic (exact) mass is 328 g/mol. The molecule has 124 valence electrons. The molecule has 0 aliphatic rings. The molecule has 1 aromatic rings. The van der Waals surface area contributed by atoms with Gasteiger partial charge in [-0.15, -0.1) is 12.4 Å². The minimum Gasteiger partial charge on any atom is -0.356 e. The van der Waals surface area contributed by atoms with Crippen molar-refractivity contribution in [2.24, 2.45) is 11.5 Å². The van der Waals surface area contributed by atoms with Gasteiger partial charge >= 0.3 is 6.03 Å².